The average Bonchev–Trinajstić information content (AvgIpc) is 2.97. The Hall–Kier alpha value is -2.83. The first-order valence-corrected chi connectivity index (χ1v) is 9.94. The second kappa shape index (κ2) is 10.6. The van der Waals surface area contributed by atoms with Gasteiger partial charge in [0, 0.05) is 26.1 Å². The molecule has 29 heavy (non-hydrogen) atoms. The van der Waals surface area contributed by atoms with E-state index in [2.05, 4.69) is 6.58 Å². The van der Waals surface area contributed by atoms with Gasteiger partial charge in [-0.05, 0) is 6.08 Å². The highest BCUT2D eigenvalue weighted by atomic mass is 32.2. The molecule has 1 N–H and O–H groups in total. The molecule has 0 aromatic carbocycles. The van der Waals surface area contributed by atoms with Gasteiger partial charge < -0.3 is 14.4 Å². The molecule has 0 bridgehead atoms. The molecule has 1 aliphatic heterocycles. The summed E-state index contributed by atoms with van der Waals surface area (Å²) < 4.78 is 35.3. The molecule has 0 aliphatic carbocycles. The highest BCUT2D eigenvalue weighted by Crippen LogP contribution is 2.20. The zero-order valence-corrected chi connectivity index (χ0v) is 16.5. The molecule has 1 fully saturated rings. The van der Waals surface area contributed by atoms with Crippen molar-refractivity contribution in [2.75, 3.05) is 26.0 Å². The van der Waals surface area contributed by atoms with E-state index in [-0.39, 0.29) is 26.1 Å². The van der Waals surface area contributed by atoms with Crippen LogP contribution in [0.4, 0.5) is 4.79 Å². The summed E-state index contributed by atoms with van der Waals surface area (Å²) >= 11 is 0. The van der Waals surface area contributed by atoms with Crippen molar-refractivity contribution in [3.05, 3.63) is 37.1 Å². The van der Waals surface area contributed by atoms with Gasteiger partial charge in [-0.2, -0.15) is 8.42 Å². The third-order valence-corrected chi connectivity index (χ3v) is 4.35. The highest BCUT2D eigenvalue weighted by Gasteiger charge is 2.33. The monoisotopic (exact) mass is 430 g/mol. The number of carbonyl (C=O) groups is 4. The minimum atomic E-state index is -4.22. The van der Waals surface area contributed by atoms with Crippen LogP contribution in [0, 0.1) is 5.41 Å². The molecule has 0 aromatic rings. The smallest absolute Gasteiger partial charge is 0.379 e. The van der Waals surface area contributed by atoms with Gasteiger partial charge in [-0.3, -0.25) is 19.0 Å². The lowest BCUT2D eigenvalue weighted by molar-refractivity contribution is -0.172. The number of carbonyl (C=O) groups excluding carboxylic acids is 4. The predicted octanol–water partition coefficient (Wildman–Crippen LogP) is 0.464. The third kappa shape index (κ3) is 7.97. The molecule has 1 aliphatic rings. The minimum absolute atomic E-state index is 0.0484. The Morgan fingerprint density at radius 3 is 2.45 bits per heavy atom. The number of nitrogens with zero attached hydrogens (tertiary/aromatic N) is 2. The van der Waals surface area contributed by atoms with Crippen LogP contribution in [0.3, 0.4) is 0 Å². The van der Waals surface area contributed by atoms with E-state index in [0.29, 0.717) is 11.3 Å². The van der Waals surface area contributed by atoms with Crippen molar-refractivity contribution in [3.8, 4) is 0 Å². The van der Waals surface area contributed by atoms with Gasteiger partial charge in [-0.15, -0.1) is 5.06 Å². The van der Waals surface area contributed by atoms with Crippen molar-refractivity contribution < 1.29 is 41.7 Å². The topological polar surface area (TPSA) is 148 Å². The Morgan fingerprint density at radius 1 is 1.31 bits per heavy atom. The Morgan fingerprint density at radius 2 is 1.93 bits per heavy atom. The van der Waals surface area contributed by atoms with Crippen molar-refractivity contribution in [1.29, 1.82) is 0 Å². The lowest BCUT2D eigenvalue weighted by Crippen LogP contribution is -2.36. The number of rotatable bonds is 11. The zero-order chi connectivity index (χ0) is 22.1. The Labute approximate surface area is 167 Å². The highest BCUT2D eigenvalue weighted by molar-refractivity contribution is 7.85. The Bertz CT molecular complexity index is 803. The van der Waals surface area contributed by atoms with Crippen molar-refractivity contribution in [1.82, 2.24) is 9.96 Å². The quantitative estimate of drug-likeness (QED) is 0.162. The van der Waals surface area contributed by atoms with Gasteiger partial charge in [-0.1, -0.05) is 24.8 Å². The molecule has 1 heterocycles. The molecular weight excluding hydrogens is 408 g/mol. The maximum Gasteiger partial charge on any atom is 0.438 e. The predicted molar refractivity (Wildman–Crippen MR) is 99.5 cm³/mol. The second-order valence-corrected chi connectivity index (χ2v) is 7.60. The maximum atomic E-state index is 12.0. The van der Waals surface area contributed by atoms with E-state index in [0.717, 1.165) is 4.90 Å². The van der Waals surface area contributed by atoms with Crippen LogP contribution in [0.2, 0.25) is 0 Å². The largest absolute Gasteiger partial charge is 0.438 e. The summed E-state index contributed by atoms with van der Waals surface area (Å²) in [5, 5.41) is 0.385. The first kappa shape index (κ1) is 24.2. The van der Waals surface area contributed by atoms with Gasteiger partial charge >= 0.3 is 6.09 Å². The van der Waals surface area contributed by atoms with Gasteiger partial charge in [-0.25, -0.2) is 4.79 Å². The molecule has 0 saturated carbocycles. The van der Waals surface area contributed by atoms with Crippen LogP contribution in [-0.2, 0) is 34.1 Å². The molecule has 1 atom stereocenters. The second-order valence-electron chi connectivity index (χ2n) is 6.03. The summed E-state index contributed by atoms with van der Waals surface area (Å²) in [7, 11) is -2.94. The molecule has 11 nitrogen and oxygen atoms in total. The maximum absolute atomic E-state index is 12.0. The van der Waals surface area contributed by atoms with Crippen molar-refractivity contribution in [3.63, 3.8) is 0 Å². The number of hydroxylamine groups is 2. The summed E-state index contributed by atoms with van der Waals surface area (Å²) in [5.74, 6) is -1.92. The minimum Gasteiger partial charge on any atom is -0.379 e. The molecule has 160 valence electrons. The number of aldehydes is 1. The van der Waals surface area contributed by atoms with Gasteiger partial charge in [0.25, 0.3) is 21.9 Å². The number of imide groups is 1. The first-order chi connectivity index (χ1) is 13.5. The van der Waals surface area contributed by atoms with Crippen LogP contribution in [0.5, 0.6) is 0 Å². The van der Waals surface area contributed by atoms with Crippen LogP contribution < -0.4 is 0 Å². The van der Waals surface area contributed by atoms with Gasteiger partial charge in [0.05, 0.1) is 24.4 Å². The van der Waals surface area contributed by atoms with E-state index in [9.17, 15) is 27.6 Å². The van der Waals surface area contributed by atoms with E-state index >= 15 is 0 Å². The van der Waals surface area contributed by atoms with Crippen molar-refractivity contribution in [2.45, 2.75) is 12.8 Å². The van der Waals surface area contributed by atoms with E-state index < -0.39 is 39.2 Å². The number of ether oxygens (including phenoxy) is 1. The SMILES string of the molecule is C=C/C=C\C(C=O)(/C=C\N(C)C(=O)ON1C(=O)CCC1=O)COCCS(=O)(=O)O. The van der Waals surface area contributed by atoms with Crippen LogP contribution in [0.15, 0.2) is 37.1 Å². The van der Waals surface area contributed by atoms with Gasteiger partial charge in [0.2, 0.25) is 0 Å². The molecule has 0 spiro atoms. The zero-order valence-electron chi connectivity index (χ0n) is 15.7. The average molecular weight is 430 g/mol. The summed E-state index contributed by atoms with van der Waals surface area (Å²) in [6.45, 7) is 2.84. The first-order valence-electron chi connectivity index (χ1n) is 8.33. The van der Waals surface area contributed by atoms with Crippen molar-refractivity contribution in [2.24, 2.45) is 5.41 Å². The Kier molecular flexibility index (Phi) is 8.88. The number of hydrogen-bond donors (Lipinski definition) is 1. The van der Waals surface area contributed by atoms with Gasteiger partial charge in [0.15, 0.2) is 0 Å². The van der Waals surface area contributed by atoms with E-state index in [1.54, 1.807) is 0 Å². The fourth-order valence-corrected chi connectivity index (χ4v) is 2.36. The molecule has 0 radical (unpaired) electrons. The van der Waals surface area contributed by atoms with Crippen LogP contribution in [-0.4, -0.2) is 73.1 Å². The van der Waals surface area contributed by atoms with Gasteiger partial charge in [0.1, 0.15) is 6.29 Å². The number of amides is 3. The molecule has 12 heteroatoms. The fourth-order valence-electron chi connectivity index (χ4n) is 2.04. The van der Waals surface area contributed by atoms with Crippen LogP contribution in [0.25, 0.3) is 0 Å². The summed E-state index contributed by atoms with van der Waals surface area (Å²) in [6.07, 6.45) is 6.07. The molecule has 0 aromatic heterocycles. The number of hydrogen-bond acceptors (Lipinski definition) is 8. The molecule has 1 unspecified atom stereocenters. The lowest BCUT2D eigenvalue weighted by Gasteiger charge is -2.22. The third-order valence-electron chi connectivity index (χ3n) is 3.67. The summed E-state index contributed by atoms with van der Waals surface area (Å²) in [6, 6.07) is 0. The van der Waals surface area contributed by atoms with Crippen LogP contribution in [0.1, 0.15) is 12.8 Å². The molecule has 1 rings (SSSR count). The Balaban J connectivity index is 2.83. The molecule has 3 amide bonds. The van der Waals surface area contributed by atoms with E-state index in [4.69, 9.17) is 14.1 Å². The summed E-state index contributed by atoms with van der Waals surface area (Å²) in [5.41, 5.74) is -1.39. The van der Waals surface area contributed by atoms with E-state index in [1.807, 2.05) is 0 Å². The van der Waals surface area contributed by atoms with Crippen molar-refractivity contribution >= 4 is 34.3 Å². The van der Waals surface area contributed by atoms with E-state index in [1.165, 1.54) is 37.6 Å². The molecule has 1 saturated heterocycles. The molecular formula is C17H22N2O9S. The normalized spacial score (nSPS) is 17.0. The standard InChI is InChI=1S/C17H22N2O9S/c1-3-4-7-17(12-20,13-27-10-11-29(24,25)26)8-9-18(2)16(23)28-19-14(21)5-6-15(19)22/h3-4,7-9,12H,1,5-6,10-11,13H2,2H3,(H,24,25,26)/b7-4-,9-8-. The lowest BCUT2D eigenvalue weighted by atomic mass is 9.90. The number of allylic oxidation sites excluding steroid dienone is 2. The fraction of sp³-hybridized carbons (Fsp3) is 0.412. The summed E-state index contributed by atoms with van der Waals surface area (Å²) in [4.78, 5) is 52.3. The van der Waals surface area contributed by atoms with Crippen LogP contribution >= 0.6 is 0 Å².